The topological polar surface area (TPSA) is 54.4 Å². The zero-order valence-electron chi connectivity index (χ0n) is 19.1. The van der Waals surface area contributed by atoms with Gasteiger partial charge in [0.1, 0.15) is 0 Å². The number of aryl methyl sites for hydroxylation is 1. The lowest BCUT2D eigenvalue weighted by Crippen LogP contribution is -2.19. The van der Waals surface area contributed by atoms with Crippen molar-refractivity contribution in [1.82, 2.24) is 10.4 Å². The molecule has 0 aliphatic heterocycles. The quantitative estimate of drug-likeness (QED) is 0.282. The molecule has 2 heterocycles. The molecule has 4 aromatic rings. The van der Waals surface area contributed by atoms with Crippen LogP contribution in [0.25, 0.3) is 22.2 Å². The fourth-order valence-corrected chi connectivity index (χ4v) is 4.34. The molecule has 0 saturated carbocycles. The Hall–Kier alpha value is -3.31. The molecule has 0 radical (unpaired) electrons. The summed E-state index contributed by atoms with van der Waals surface area (Å²) in [6.45, 7) is 10.5. The van der Waals surface area contributed by atoms with Crippen LogP contribution in [0.3, 0.4) is 0 Å². The first-order valence-electron chi connectivity index (χ1n) is 10.6. The third-order valence-corrected chi connectivity index (χ3v) is 6.54. The molecule has 32 heavy (non-hydrogen) atoms. The first-order chi connectivity index (χ1) is 15.2. The van der Waals surface area contributed by atoms with E-state index in [1.807, 2.05) is 43.3 Å². The predicted octanol–water partition coefficient (Wildman–Crippen LogP) is 6.72. The molecule has 0 atom stereocenters. The minimum Gasteiger partial charge on any atom is -0.267 e. The zero-order valence-corrected chi connectivity index (χ0v) is 19.9. The van der Waals surface area contributed by atoms with Gasteiger partial charge in [0.2, 0.25) is 0 Å². The van der Waals surface area contributed by atoms with E-state index in [1.54, 1.807) is 11.3 Å². The molecular weight excluding hydrogens is 414 g/mol. The lowest BCUT2D eigenvalue weighted by molar-refractivity contribution is 0.0956. The van der Waals surface area contributed by atoms with Crippen molar-refractivity contribution in [3.63, 3.8) is 0 Å². The van der Waals surface area contributed by atoms with Gasteiger partial charge in [0.05, 0.1) is 27.4 Å². The predicted molar refractivity (Wildman–Crippen MR) is 135 cm³/mol. The number of nitrogens with zero attached hydrogens (tertiary/aromatic N) is 2. The number of pyridine rings is 1. The average molecular weight is 442 g/mol. The van der Waals surface area contributed by atoms with Gasteiger partial charge in [-0.05, 0) is 49.1 Å². The maximum atomic E-state index is 13.1. The van der Waals surface area contributed by atoms with Crippen LogP contribution < -0.4 is 5.43 Å². The Labute approximate surface area is 193 Å². The van der Waals surface area contributed by atoms with E-state index in [-0.39, 0.29) is 11.3 Å². The van der Waals surface area contributed by atoms with Crippen LogP contribution in [0, 0.1) is 6.92 Å². The van der Waals surface area contributed by atoms with Gasteiger partial charge in [0.25, 0.3) is 5.91 Å². The van der Waals surface area contributed by atoms with E-state index in [0.717, 1.165) is 32.7 Å². The second-order valence-corrected chi connectivity index (χ2v) is 10.2. The number of carbonyl (C=O) groups is 1. The highest BCUT2D eigenvalue weighted by atomic mass is 32.1. The van der Waals surface area contributed by atoms with Crippen LogP contribution in [-0.4, -0.2) is 16.6 Å². The lowest BCUT2D eigenvalue weighted by atomic mass is 9.86. The van der Waals surface area contributed by atoms with E-state index >= 15 is 0 Å². The van der Waals surface area contributed by atoms with Gasteiger partial charge < -0.3 is 0 Å². The molecule has 0 bridgehead atoms. The summed E-state index contributed by atoms with van der Waals surface area (Å²) in [5.41, 5.74) is 7.95. The molecule has 0 aliphatic rings. The first-order valence-corrected chi connectivity index (χ1v) is 11.5. The summed E-state index contributed by atoms with van der Waals surface area (Å²) in [5, 5.41) is 5.14. The largest absolute Gasteiger partial charge is 0.272 e. The fourth-order valence-electron chi connectivity index (χ4n) is 3.53. The van der Waals surface area contributed by atoms with Gasteiger partial charge in [0.15, 0.2) is 0 Å². The minimum atomic E-state index is -0.246. The maximum absolute atomic E-state index is 13.1. The van der Waals surface area contributed by atoms with Crippen molar-refractivity contribution in [3.8, 4) is 11.3 Å². The highest BCUT2D eigenvalue weighted by molar-refractivity contribution is 7.14. The monoisotopic (exact) mass is 441 g/mol. The number of hydrogen-bond acceptors (Lipinski definition) is 4. The number of benzene rings is 2. The summed E-state index contributed by atoms with van der Waals surface area (Å²) in [4.78, 5) is 20.2. The number of fused-ring (bicyclic) bond motifs is 1. The maximum Gasteiger partial charge on any atom is 0.272 e. The Morgan fingerprint density at radius 2 is 1.72 bits per heavy atom. The molecule has 5 heteroatoms. The second kappa shape index (κ2) is 8.67. The second-order valence-electron chi connectivity index (χ2n) is 8.95. The van der Waals surface area contributed by atoms with Crippen LogP contribution in [0.15, 0.2) is 71.8 Å². The number of nitrogens with one attached hydrogen (secondary N) is 1. The van der Waals surface area contributed by atoms with Crippen molar-refractivity contribution >= 4 is 33.9 Å². The summed E-state index contributed by atoms with van der Waals surface area (Å²) in [6, 6.07) is 22.0. The number of hydrogen-bond donors (Lipinski definition) is 1. The Bertz CT molecular complexity index is 1310. The van der Waals surface area contributed by atoms with Crippen molar-refractivity contribution in [1.29, 1.82) is 0 Å². The molecule has 4 rings (SSSR count). The molecule has 1 amide bonds. The van der Waals surface area contributed by atoms with Crippen LogP contribution in [-0.2, 0) is 5.41 Å². The van der Waals surface area contributed by atoms with Crippen molar-refractivity contribution in [2.75, 3.05) is 0 Å². The molecule has 0 spiro atoms. The Morgan fingerprint density at radius 3 is 2.38 bits per heavy atom. The van der Waals surface area contributed by atoms with Crippen molar-refractivity contribution in [2.24, 2.45) is 5.10 Å². The molecular formula is C27H27N3OS. The van der Waals surface area contributed by atoms with E-state index in [9.17, 15) is 4.79 Å². The van der Waals surface area contributed by atoms with E-state index in [2.05, 4.69) is 68.6 Å². The van der Waals surface area contributed by atoms with Crippen molar-refractivity contribution in [2.45, 2.75) is 40.0 Å². The first kappa shape index (κ1) is 21.9. The fraction of sp³-hybridized carbons (Fsp3) is 0.222. The van der Waals surface area contributed by atoms with Crippen LogP contribution in [0.2, 0.25) is 0 Å². The normalized spacial score (nSPS) is 12.2. The zero-order chi connectivity index (χ0) is 22.9. The summed E-state index contributed by atoms with van der Waals surface area (Å²) >= 11 is 1.66. The molecule has 2 aromatic carbocycles. The molecule has 0 unspecified atom stereocenters. The SMILES string of the molecule is C/C(=N\NC(=O)c1cc(-c2ccc(C(C)(C)C)cc2)nc2ccccc12)c1ccc(C)s1. The molecule has 0 saturated heterocycles. The number of aromatic nitrogens is 1. The van der Waals surface area contributed by atoms with Crippen molar-refractivity contribution in [3.05, 3.63) is 87.6 Å². The number of amides is 1. The van der Waals surface area contributed by atoms with Crippen molar-refractivity contribution < 1.29 is 4.79 Å². The summed E-state index contributed by atoms with van der Waals surface area (Å²) < 4.78 is 0. The smallest absolute Gasteiger partial charge is 0.267 e. The van der Waals surface area contributed by atoms with Gasteiger partial charge in [0, 0.05) is 15.8 Å². The van der Waals surface area contributed by atoms with E-state index in [1.165, 1.54) is 10.4 Å². The third-order valence-electron chi connectivity index (χ3n) is 5.43. The third kappa shape index (κ3) is 4.63. The highest BCUT2D eigenvalue weighted by Gasteiger charge is 2.16. The van der Waals surface area contributed by atoms with E-state index < -0.39 is 0 Å². The molecule has 0 aliphatic carbocycles. The van der Waals surface area contributed by atoms with Crippen LogP contribution in [0.1, 0.15) is 53.4 Å². The molecule has 0 fully saturated rings. The van der Waals surface area contributed by atoms with Gasteiger partial charge in [-0.1, -0.05) is 63.2 Å². The lowest BCUT2D eigenvalue weighted by Gasteiger charge is -2.19. The Morgan fingerprint density at radius 1 is 1.00 bits per heavy atom. The van der Waals surface area contributed by atoms with Gasteiger partial charge in [-0.15, -0.1) is 11.3 Å². The van der Waals surface area contributed by atoms with E-state index in [0.29, 0.717) is 5.56 Å². The summed E-state index contributed by atoms with van der Waals surface area (Å²) in [7, 11) is 0. The Balaban J connectivity index is 1.70. The number of thiophene rings is 1. The highest BCUT2D eigenvalue weighted by Crippen LogP contribution is 2.28. The Kier molecular flexibility index (Phi) is 5.94. The minimum absolute atomic E-state index is 0.0807. The van der Waals surface area contributed by atoms with Crippen LogP contribution in [0.4, 0.5) is 0 Å². The van der Waals surface area contributed by atoms with Crippen LogP contribution in [0.5, 0.6) is 0 Å². The van der Waals surface area contributed by atoms with Gasteiger partial charge in [-0.2, -0.15) is 5.10 Å². The molecule has 1 N–H and O–H groups in total. The molecule has 2 aromatic heterocycles. The standard InChI is InChI=1S/C27H27N3OS/c1-17-10-15-25(32-17)18(2)29-30-26(31)22-16-24(28-23-9-7-6-8-21(22)23)19-11-13-20(14-12-19)27(3,4)5/h6-16H,1-5H3,(H,30,31)/b29-18+. The summed E-state index contributed by atoms with van der Waals surface area (Å²) in [6.07, 6.45) is 0. The average Bonchev–Trinajstić information content (AvgIpc) is 3.22. The molecule has 4 nitrogen and oxygen atoms in total. The van der Waals surface area contributed by atoms with E-state index in [4.69, 9.17) is 4.98 Å². The summed E-state index contributed by atoms with van der Waals surface area (Å²) in [5.74, 6) is -0.246. The van der Waals surface area contributed by atoms with Gasteiger partial charge in [-0.3, -0.25) is 4.79 Å². The molecule has 162 valence electrons. The number of para-hydroxylation sites is 1. The van der Waals surface area contributed by atoms with Gasteiger partial charge in [-0.25, -0.2) is 10.4 Å². The van der Waals surface area contributed by atoms with Crippen LogP contribution >= 0.6 is 11.3 Å². The number of carbonyl (C=O) groups excluding carboxylic acids is 1. The number of hydrazone groups is 1. The number of rotatable bonds is 4. The van der Waals surface area contributed by atoms with Gasteiger partial charge >= 0.3 is 0 Å².